The fraction of sp³-hybridized carbons (Fsp3) is 0.240. The van der Waals surface area contributed by atoms with Gasteiger partial charge in [-0.1, -0.05) is 73.5 Å². The Morgan fingerprint density at radius 3 is 2.13 bits per heavy atom. The monoisotopic (exact) mass is 398 g/mol. The van der Waals surface area contributed by atoms with Crippen LogP contribution in [0.1, 0.15) is 42.9 Å². The van der Waals surface area contributed by atoms with E-state index in [4.69, 9.17) is 4.84 Å². The molecule has 0 saturated heterocycles. The zero-order chi connectivity index (χ0) is 20.7. The summed E-state index contributed by atoms with van der Waals surface area (Å²) in [5, 5.41) is 15.7. The maximum atomic E-state index is 11.1. The molecular formula is C25H22N2O3. The van der Waals surface area contributed by atoms with Crippen LogP contribution in [-0.4, -0.2) is 10.6 Å². The van der Waals surface area contributed by atoms with Crippen molar-refractivity contribution >= 4 is 11.4 Å². The second kappa shape index (κ2) is 7.10. The average Bonchev–Trinajstić information content (AvgIpc) is 3.30. The molecule has 1 heterocycles. The molecule has 0 amide bonds. The SMILES string of the molecule is CCCC[C@H]1C(c2ccc([N+](=O)[O-])cc2)=NOC12c1ccccc1-c1ccccc12. The smallest absolute Gasteiger partial charge is 0.269 e. The van der Waals surface area contributed by atoms with Gasteiger partial charge in [-0.2, -0.15) is 0 Å². The van der Waals surface area contributed by atoms with Gasteiger partial charge >= 0.3 is 0 Å². The van der Waals surface area contributed by atoms with Gasteiger partial charge in [0.1, 0.15) is 0 Å². The number of nitrogens with zero attached hydrogens (tertiary/aromatic N) is 2. The Morgan fingerprint density at radius 1 is 0.967 bits per heavy atom. The van der Waals surface area contributed by atoms with E-state index < -0.39 is 5.60 Å². The van der Waals surface area contributed by atoms with E-state index in [2.05, 4.69) is 60.6 Å². The maximum absolute atomic E-state index is 11.1. The minimum atomic E-state index is -0.653. The van der Waals surface area contributed by atoms with E-state index in [1.54, 1.807) is 12.1 Å². The van der Waals surface area contributed by atoms with E-state index >= 15 is 0 Å². The molecule has 1 atom stereocenters. The predicted molar refractivity (Wildman–Crippen MR) is 116 cm³/mol. The van der Waals surface area contributed by atoms with E-state index in [0.717, 1.165) is 41.7 Å². The zero-order valence-corrected chi connectivity index (χ0v) is 16.7. The van der Waals surface area contributed by atoms with Gasteiger partial charge in [0.15, 0.2) is 5.60 Å². The number of nitro groups is 1. The molecule has 2 aliphatic rings. The molecular weight excluding hydrogens is 376 g/mol. The van der Waals surface area contributed by atoms with Gasteiger partial charge < -0.3 is 4.84 Å². The molecule has 0 saturated carbocycles. The molecule has 1 aliphatic heterocycles. The van der Waals surface area contributed by atoms with Gasteiger partial charge in [0.25, 0.3) is 5.69 Å². The molecule has 0 aromatic heterocycles. The van der Waals surface area contributed by atoms with Crippen LogP contribution in [0.3, 0.4) is 0 Å². The molecule has 30 heavy (non-hydrogen) atoms. The third kappa shape index (κ3) is 2.58. The molecule has 5 rings (SSSR count). The Bertz CT molecular complexity index is 1110. The number of benzene rings is 3. The van der Waals surface area contributed by atoms with Crippen molar-refractivity contribution in [1.82, 2.24) is 0 Å². The summed E-state index contributed by atoms with van der Waals surface area (Å²) in [5.41, 5.74) is 5.84. The number of oxime groups is 1. The first-order valence-corrected chi connectivity index (χ1v) is 10.4. The van der Waals surface area contributed by atoms with E-state index in [9.17, 15) is 10.1 Å². The first kappa shape index (κ1) is 18.6. The molecule has 0 bridgehead atoms. The van der Waals surface area contributed by atoms with Crippen molar-refractivity contribution in [2.75, 3.05) is 0 Å². The normalized spacial score (nSPS) is 17.9. The van der Waals surface area contributed by atoms with E-state index in [1.807, 2.05) is 0 Å². The third-order valence-electron chi connectivity index (χ3n) is 6.27. The van der Waals surface area contributed by atoms with Crippen LogP contribution in [0.15, 0.2) is 78.0 Å². The van der Waals surface area contributed by atoms with Crippen molar-refractivity contribution in [2.24, 2.45) is 11.1 Å². The molecule has 0 radical (unpaired) electrons. The third-order valence-corrected chi connectivity index (χ3v) is 6.27. The minimum absolute atomic E-state index is 0.0312. The number of nitro benzene ring substituents is 1. The fourth-order valence-corrected chi connectivity index (χ4v) is 4.90. The molecule has 3 aromatic rings. The van der Waals surface area contributed by atoms with Crippen molar-refractivity contribution in [2.45, 2.75) is 31.8 Å². The van der Waals surface area contributed by atoms with Crippen LogP contribution < -0.4 is 0 Å². The maximum Gasteiger partial charge on any atom is 0.269 e. The number of hydrogen-bond acceptors (Lipinski definition) is 4. The van der Waals surface area contributed by atoms with Gasteiger partial charge in [-0.15, -0.1) is 0 Å². The van der Waals surface area contributed by atoms with Gasteiger partial charge in [-0.3, -0.25) is 10.1 Å². The van der Waals surface area contributed by atoms with Crippen molar-refractivity contribution in [3.63, 3.8) is 0 Å². The number of rotatable bonds is 5. The highest BCUT2D eigenvalue weighted by Crippen LogP contribution is 2.57. The Labute approximate surface area is 175 Å². The van der Waals surface area contributed by atoms with E-state index in [1.165, 1.54) is 23.3 Å². The minimum Gasteiger partial charge on any atom is -0.378 e. The Morgan fingerprint density at radius 2 is 1.57 bits per heavy atom. The van der Waals surface area contributed by atoms with E-state index in [-0.39, 0.29) is 16.5 Å². The standard InChI is InChI=1S/C25H22N2O3/c1-2-3-10-23-24(17-13-15-18(16-14-17)27(28)29)26-30-25(23)21-11-6-4-8-19(21)20-9-5-7-12-22(20)25/h4-9,11-16,23H,2-3,10H2,1H3/t23-/m0/s1. The molecule has 5 nitrogen and oxygen atoms in total. The van der Waals surface area contributed by atoms with Crippen molar-refractivity contribution in [1.29, 1.82) is 0 Å². The molecule has 3 aromatic carbocycles. The van der Waals surface area contributed by atoms with Crippen LogP contribution in [0.25, 0.3) is 11.1 Å². The molecule has 0 unspecified atom stereocenters. The zero-order valence-electron chi connectivity index (χ0n) is 16.7. The molecule has 0 N–H and O–H groups in total. The van der Waals surface area contributed by atoms with Crippen LogP contribution in [0.4, 0.5) is 5.69 Å². The topological polar surface area (TPSA) is 64.7 Å². The summed E-state index contributed by atoms with van der Waals surface area (Å²) in [6.45, 7) is 2.18. The summed E-state index contributed by atoms with van der Waals surface area (Å²) in [7, 11) is 0. The highest BCUT2D eigenvalue weighted by Gasteiger charge is 2.56. The summed E-state index contributed by atoms with van der Waals surface area (Å²) >= 11 is 0. The molecule has 150 valence electrons. The van der Waals surface area contributed by atoms with Crippen LogP contribution in [0.2, 0.25) is 0 Å². The lowest BCUT2D eigenvalue weighted by Crippen LogP contribution is -2.36. The Hall–Kier alpha value is -3.47. The van der Waals surface area contributed by atoms with Gasteiger partial charge in [0.2, 0.25) is 0 Å². The molecule has 0 fully saturated rings. The lowest BCUT2D eigenvalue weighted by atomic mass is 9.73. The largest absolute Gasteiger partial charge is 0.378 e. The second-order valence-electron chi connectivity index (χ2n) is 7.89. The van der Waals surface area contributed by atoms with Crippen LogP contribution in [0.5, 0.6) is 0 Å². The summed E-state index contributed by atoms with van der Waals surface area (Å²) in [6.07, 6.45) is 3.05. The van der Waals surface area contributed by atoms with Crippen LogP contribution in [0, 0.1) is 16.0 Å². The number of unbranched alkanes of at least 4 members (excludes halogenated alkanes) is 1. The van der Waals surface area contributed by atoms with E-state index in [0.29, 0.717) is 0 Å². The van der Waals surface area contributed by atoms with Gasteiger partial charge in [0.05, 0.1) is 16.6 Å². The average molecular weight is 398 g/mol. The number of hydrogen-bond donors (Lipinski definition) is 0. The van der Waals surface area contributed by atoms with Crippen LogP contribution in [-0.2, 0) is 10.4 Å². The predicted octanol–water partition coefficient (Wildman–Crippen LogP) is 6.06. The van der Waals surface area contributed by atoms with Gasteiger partial charge in [0, 0.05) is 28.8 Å². The number of fused-ring (bicyclic) bond motifs is 5. The fourth-order valence-electron chi connectivity index (χ4n) is 4.90. The Kier molecular flexibility index (Phi) is 4.39. The highest BCUT2D eigenvalue weighted by atomic mass is 16.7. The summed E-state index contributed by atoms with van der Waals surface area (Å²) in [5.74, 6) is 0.0312. The van der Waals surface area contributed by atoms with Crippen molar-refractivity contribution in [3.05, 3.63) is 99.6 Å². The quantitative estimate of drug-likeness (QED) is 0.388. The summed E-state index contributed by atoms with van der Waals surface area (Å²) < 4.78 is 0. The van der Waals surface area contributed by atoms with Crippen LogP contribution >= 0.6 is 0 Å². The summed E-state index contributed by atoms with van der Waals surface area (Å²) in [4.78, 5) is 17.1. The highest BCUT2D eigenvalue weighted by molar-refractivity contribution is 6.05. The summed E-state index contributed by atoms with van der Waals surface area (Å²) in [6, 6.07) is 23.4. The first-order chi connectivity index (χ1) is 14.7. The lowest BCUT2D eigenvalue weighted by Gasteiger charge is -2.31. The number of non-ortho nitro benzene ring substituents is 1. The van der Waals surface area contributed by atoms with Crippen molar-refractivity contribution in [3.8, 4) is 11.1 Å². The Balaban J connectivity index is 1.65. The molecule has 5 heteroatoms. The van der Waals surface area contributed by atoms with Crippen molar-refractivity contribution < 1.29 is 9.76 Å². The van der Waals surface area contributed by atoms with Gasteiger partial charge in [-0.05, 0) is 29.7 Å². The second-order valence-corrected chi connectivity index (χ2v) is 7.89. The first-order valence-electron chi connectivity index (χ1n) is 10.4. The van der Waals surface area contributed by atoms with Gasteiger partial charge in [-0.25, -0.2) is 0 Å². The lowest BCUT2D eigenvalue weighted by molar-refractivity contribution is -0.384. The molecule has 1 aliphatic carbocycles. The molecule has 1 spiro atoms.